The predicted octanol–water partition coefficient (Wildman–Crippen LogP) is 2.43. The van der Waals surface area contributed by atoms with Crippen LogP contribution in [0.5, 0.6) is 0 Å². The van der Waals surface area contributed by atoms with Gasteiger partial charge in [-0.05, 0) is 29.2 Å². The molecule has 1 aliphatic rings. The molecule has 0 aliphatic carbocycles. The number of rotatable bonds is 6. The zero-order valence-electron chi connectivity index (χ0n) is 16.5. The van der Waals surface area contributed by atoms with Crippen LogP contribution in [0.25, 0.3) is 11.1 Å². The van der Waals surface area contributed by atoms with Crippen molar-refractivity contribution in [3.8, 4) is 11.1 Å². The molecule has 1 atom stereocenters. The molecule has 2 amide bonds. The summed E-state index contributed by atoms with van der Waals surface area (Å²) in [5.74, 6) is -0.128. The fourth-order valence-electron chi connectivity index (χ4n) is 3.65. The summed E-state index contributed by atoms with van der Waals surface area (Å²) < 4.78 is 6.01. The summed E-state index contributed by atoms with van der Waals surface area (Å²) in [6.07, 6.45) is 5.23. The SMILES string of the molecule is CCCC(=O)N1CCO[C@](Cc2cccc(-c3cccnc3)c2)(C(=O)NC)C1. The fraction of sp³-hybridized carbons (Fsp3) is 0.409. The van der Waals surface area contributed by atoms with Crippen molar-refractivity contribution < 1.29 is 14.3 Å². The Kier molecular flexibility index (Phi) is 6.41. The minimum absolute atomic E-state index is 0.0724. The minimum atomic E-state index is -1.08. The van der Waals surface area contributed by atoms with Gasteiger partial charge < -0.3 is 15.0 Å². The number of benzene rings is 1. The number of hydrogen-bond donors (Lipinski definition) is 1. The van der Waals surface area contributed by atoms with Crippen LogP contribution in [-0.4, -0.2) is 54.0 Å². The van der Waals surface area contributed by atoms with E-state index in [0.29, 0.717) is 26.0 Å². The number of ether oxygens (including phenoxy) is 1. The lowest BCUT2D eigenvalue weighted by atomic mass is 9.90. The topological polar surface area (TPSA) is 71.5 Å². The average Bonchev–Trinajstić information content (AvgIpc) is 2.74. The Morgan fingerprint density at radius 2 is 2.07 bits per heavy atom. The molecule has 1 fully saturated rings. The van der Waals surface area contributed by atoms with Crippen LogP contribution in [0.1, 0.15) is 25.3 Å². The molecule has 6 nitrogen and oxygen atoms in total. The van der Waals surface area contributed by atoms with Crippen LogP contribution in [0.15, 0.2) is 48.8 Å². The largest absolute Gasteiger partial charge is 0.361 e. The van der Waals surface area contributed by atoms with E-state index in [0.717, 1.165) is 23.1 Å². The van der Waals surface area contributed by atoms with E-state index in [2.05, 4.69) is 16.4 Å². The van der Waals surface area contributed by atoms with Crippen LogP contribution in [-0.2, 0) is 20.7 Å². The predicted molar refractivity (Wildman–Crippen MR) is 108 cm³/mol. The Morgan fingerprint density at radius 3 is 2.79 bits per heavy atom. The van der Waals surface area contributed by atoms with Crippen molar-refractivity contribution in [1.29, 1.82) is 0 Å². The van der Waals surface area contributed by atoms with Crippen LogP contribution in [0, 0.1) is 0 Å². The number of nitrogens with one attached hydrogen (secondary N) is 1. The van der Waals surface area contributed by atoms with Gasteiger partial charge in [0.1, 0.15) is 0 Å². The third-order valence-corrected chi connectivity index (χ3v) is 5.05. The fourth-order valence-corrected chi connectivity index (χ4v) is 3.65. The molecule has 1 N–H and O–H groups in total. The van der Waals surface area contributed by atoms with Gasteiger partial charge in [-0.15, -0.1) is 0 Å². The summed E-state index contributed by atoms with van der Waals surface area (Å²) in [6, 6.07) is 11.9. The van der Waals surface area contributed by atoms with E-state index >= 15 is 0 Å². The number of likely N-dealkylation sites (N-methyl/N-ethyl adjacent to an activating group) is 1. The molecule has 2 heterocycles. The van der Waals surface area contributed by atoms with Crippen molar-refractivity contribution in [2.45, 2.75) is 31.8 Å². The van der Waals surface area contributed by atoms with Crippen molar-refractivity contribution in [2.75, 3.05) is 26.7 Å². The molecule has 1 aliphatic heterocycles. The quantitative estimate of drug-likeness (QED) is 0.834. The third-order valence-electron chi connectivity index (χ3n) is 5.05. The Balaban J connectivity index is 1.87. The van der Waals surface area contributed by atoms with Crippen LogP contribution in [0.3, 0.4) is 0 Å². The molecule has 148 valence electrons. The van der Waals surface area contributed by atoms with Gasteiger partial charge in [-0.3, -0.25) is 14.6 Å². The lowest BCUT2D eigenvalue weighted by molar-refractivity contribution is -0.165. The molecular weight excluding hydrogens is 354 g/mol. The van der Waals surface area contributed by atoms with Gasteiger partial charge in [0.2, 0.25) is 5.91 Å². The number of carbonyl (C=O) groups excluding carboxylic acids is 2. The lowest BCUT2D eigenvalue weighted by Gasteiger charge is -2.41. The number of hydrogen-bond acceptors (Lipinski definition) is 4. The van der Waals surface area contributed by atoms with Gasteiger partial charge in [-0.2, -0.15) is 0 Å². The molecule has 0 saturated carbocycles. The van der Waals surface area contributed by atoms with E-state index in [1.54, 1.807) is 18.1 Å². The second-order valence-corrected chi connectivity index (χ2v) is 7.11. The zero-order valence-corrected chi connectivity index (χ0v) is 16.5. The molecule has 2 aromatic rings. The van der Waals surface area contributed by atoms with Crippen molar-refractivity contribution in [3.63, 3.8) is 0 Å². The van der Waals surface area contributed by atoms with Crippen molar-refractivity contribution in [3.05, 3.63) is 54.4 Å². The van der Waals surface area contributed by atoms with E-state index in [1.807, 2.05) is 43.5 Å². The van der Waals surface area contributed by atoms with Gasteiger partial charge in [-0.25, -0.2) is 0 Å². The second kappa shape index (κ2) is 8.97. The van der Waals surface area contributed by atoms with Crippen LogP contribution >= 0.6 is 0 Å². The Hall–Kier alpha value is -2.73. The lowest BCUT2D eigenvalue weighted by Crippen LogP contribution is -2.61. The minimum Gasteiger partial charge on any atom is -0.361 e. The second-order valence-electron chi connectivity index (χ2n) is 7.11. The van der Waals surface area contributed by atoms with E-state index in [4.69, 9.17) is 4.74 Å². The normalized spacial score (nSPS) is 19.3. The molecule has 1 aromatic heterocycles. The molecule has 0 unspecified atom stereocenters. The number of amides is 2. The number of pyridine rings is 1. The van der Waals surface area contributed by atoms with Gasteiger partial charge >= 0.3 is 0 Å². The van der Waals surface area contributed by atoms with Crippen LogP contribution in [0.2, 0.25) is 0 Å². The van der Waals surface area contributed by atoms with Gasteiger partial charge in [0, 0.05) is 38.8 Å². The molecule has 0 bridgehead atoms. The molecular formula is C22H27N3O3. The molecule has 6 heteroatoms. The van der Waals surface area contributed by atoms with E-state index < -0.39 is 5.60 Å². The van der Waals surface area contributed by atoms with Gasteiger partial charge in [0.25, 0.3) is 5.91 Å². The smallest absolute Gasteiger partial charge is 0.254 e. The maximum absolute atomic E-state index is 12.8. The van der Waals surface area contributed by atoms with Gasteiger partial charge in [0.05, 0.1) is 13.2 Å². The van der Waals surface area contributed by atoms with Crippen LogP contribution in [0.4, 0.5) is 0 Å². The summed E-state index contributed by atoms with van der Waals surface area (Å²) in [5.41, 5.74) is 1.95. The summed E-state index contributed by atoms with van der Waals surface area (Å²) >= 11 is 0. The summed E-state index contributed by atoms with van der Waals surface area (Å²) in [5, 5.41) is 2.72. The number of aromatic nitrogens is 1. The van der Waals surface area contributed by atoms with Gasteiger partial charge in [0.15, 0.2) is 5.60 Å². The first-order chi connectivity index (χ1) is 13.6. The van der Waals surface area contributed by atoms with E-state index in [1.165, 1.54) is 0 Å². The Morgan fingerprint density at radius 1 is 1.25 bits per heavy atom. The number of carbonyl (C=O) groups is 2. The summed E-state index contributed by atoms with van der Waals surface area (Å²) in [7, 11) is 1.60. The van der Waals surface area contributed by atoms with Crippen molar-refractivity contribution in [1.82, 2.24) is 15.2 Å². The molecule has 1 saturated heterocycles. The summed E-state index contributed by atoms with van der Waals surface area (Å²) in [4.78, 5) is 31.1. The zero-order chi connectivity index (χ0) is 20.0. The summed E-state index contributed by atoms with van der Waals surface area (Å²) in [6.45, 7) is 3.12. The molecule has 3 rings (SSSR count). The maximum atomic E-state index is 12.8. The number of nitrogens with zero attached hydrogens (tertiary/aromatic N) is 2. The highest BCUT2D eigenvalue weighted by molar-refractivity contribution is 5.87. The third kappa shape index (κ3) is 4.39. The van der Waals surface area contributed by atoms with Crippen molar-refractivity contribution in [2.24, 2.45) is 0 Å². The highest BCUT2D eigenvalue weighted by Crippen LogP contribution is 2.27. The standard InChI is InChI=1S/C22H27N3O3/c1-3-6-20(26)25-11-12-28-22(16-25,21(27)23-2)14-17-7-4-8-18(13-17)19-9-5-10-24-15-19/h4-5,7-10,13,15H,3,6,11-12,14,16H2,1-2H3,(H,23,27)/t22-/m0/s1. The van der Waals surface area contributed by atoms with E-state index in [-0.39, 0.29) is 18.4 Å². The average molecular weight is 381 g/mol. The van der Waals surface area contributed by atoms with Gasteiger partial charge in [-0.1, -0.05) is 37.3 Å². The first-order valence-corrected chi connectivity index (χ1v) is 9.71. The first-order valence-electron chi connectivity index (χ1n) is 9.71. The monoisotopic (exact) mass is 381 g/mol. The van der Waals surface area contributed by atoms with Crippen LogP contribution < -0.4 is 5.32 Å². The van der Waals surface area contributed by atoms with Crippen molar-refractivity contribution >= 4 is 11.8 Å². The number of morpholine rings is 1. The Labute approximate surface area is 165 Å². The molecule has 0 radical (unpaired) electrons. The van der Waals surface area contributed by atoms with E-state index in [9.17, 15) is 9.59 Å². The molecule has 28 heavy (non-hydrogen) atoms. The first kappa shape index (κ1) is 20.0. The highest BCUT2D eigenvalue weighted by Gasteiger charge is 2.44. The highest BCUT2D eigenvalue weighted by atomic mass is 16.5. The maximum Gasteiger partial charge on any atom is 0.254 e. The molecule has 1 aromatic carbocycles. The molecule has 0 spiro atoms. The Bertz CT molecular complexity index is 825.